The van der Waals surface area contributed by atoms with Gasteiger partial charge in [0.1, 0.15) is 0 Å². The van der Waals surface area contributed by atoms with E-state index < -0.39 is 0 Å². The average molecular weight is 269 g/mol. The zero-order chi connectivity index (χ0) is 12.1. The maximum Gasteiger partial charge on any atom is 0.0705 e. The minimum absolute atomic E-state index is 0.807. The first-order valence-electron chi connectivity index (χ1n) is 5.77. The Kier molecular flexibility index (Phi) is 4.77. The van der Waals surface area contributed by atoms with Crippen LogP contribution in [-0.4, -0.2) is 23.5 Å². The van der Waals surface area contributed by atoms with Crippen LogP contribution in [0.5, 0.6) is 0 Å². The smallest absolute Gasteiger partial charge is 0.0705 e. The van der Waals surface area contributed by atoms with E-state index in [9.17, 15) is 0 Å². The first kappa shape index (κ1) is 12.8. The lowest BCUT2D eigenvalue weighted by atomic mass is 10.2. The fraction of sp³-hybridized carbons (Fsp3) is 0.385. The summed E-state index contributed by atoms with van der Waals surface area (Å²) in [6, 6.07) is 8.13. The highest BCUT2D eigenvalue weighted by molar-refractivity contribution is 7.98. The second-order valence-corrected chi connectivity index (χ2v) is 5.35. The van der Waals surface area contributed by atoms with Gasteiger partial charge in [0.05, 0.1) is 5.02 Å². The third-order valence-electron chi connectivity index (χ3n) is 2.72. The van der Waals surface area contributed by atoms with Crippen LogP contribution in [0.2, 0.25) is 5.02 Å². The summed E-state index contributed by atoms with van der Waals surface area (Å²) in [5.74, 6) is 1.20. The van der Waals surface area contributed by atoms with Crippen LogP contribution in [-0.2, 0) is 6.54 Å². The van der Waals surface area contributed by atoms with Crippen LogP contribution in [0, 0.1) is 0 Å². The molecule has 2 nitrogen and oxygen atoms in total. The van der Waals surface area contributed by atoms with Crippen LogP contribution in [0.3, 0.4) is 0 Å². The summed E-state index contributed by atoms with van der Waals surface area (Å²) in [6.07, 6.45) is 3.33. The van der Waals surface area contributed by atoms with E-state index in [-0.39, 0.29) is 0 Å². The number of aromatic amines is 1. The molecule has 0 spiro atoms. The highest BCUT2D eigenvalue weighted by atomic mass is 35.5. The molecular weight excluding hydrogens is 252 g/mol. The number of hydrogen-bond donors (Lipinski definition) is 2. The molecule has 0 fully saturated rings. The lowest BCUT2D eigenvalue weighted by Gasteiger charge is -2.02. The summed E-state index contributed by atoms with van der Waals surface area (Å²) < 4.78 is 0. The number of H-pyrrole nitrogens is 1. The molecule has 17 heavy (non-hydrogen) atoms. The van der Waals surface area contributed by atoms with Crippen LogP contribution >= 0.6 is 23.4 Å². The van der Waals surface area contributed by atoms with E-state index in [0.717, 1.165) is 34.7 Å². The number of fused-ring (bicyclic) bond motifs is 1. The van der Waals surface area contributed by atoms with Gasteiger partial charge in [-0.2, -0.15) is 11.8 Å². The van der Waals surface area contributed by atoms with Crippen LogP contribution in [0.4, 0.5) is 0 Å². The Morgan fingerprint density at radius 3 is 2.94 bits per heavy atom. The Labute approximate surface area is 111 Å². The molecule has 4 heteroatoms. The molecule has 0 saturated heterocycles. The Balaban J connectivity index is 1.97. The minimum Gasteiger partial charge on any atom is -0.356 e. The lowest BCUT2D eigenvalue weighted by Crippen LogP contribution is -2.15. The SMILES string of the molecule is CSCCCNCc1[nH]c2ccccc2c1Cl. The molecule has 0 unspecified atom stereocenters. The van der Waals surface area contributed by atoms with Crippen molar-refractivity contribution >= 4 is 34.3 Å². The Bertz CT molecular complexity index is 481. The number of para-hydroxylation sites is 1. The number of halogens is 1. The van der Waals surface area contributed by atoms with E-state index in [2.05, 4.69) is 22.6 Å². The van der Waals surface area contributed by atoms with E-state index in [1.165, 1.54) is 12.2 Å². The van der Waals surface area contributed by atoms with Crippen molar-refractivity contribution in [2.45, 2.75) is 13.0 Å². The molecule has 2 N–H and O–H groups in total. The average Bonchev–Trinajstić information content (AvgIpc) is 2.67. The van der Waals surface area contributed by atoms with Gasteiger partial charge in [0, 0.05) is 23.1 Å². The molecule has 0 saturated carbocycles. The van der Waals surface area contributed by atoms with Crippen molar-refractivity contribution in [3.8, 4) is 0 Å². The molecule has 0 amide bonds. The fourth-order valence-electron chi connectivity index (χ4n) is 1.84. The molecule has 0 atom stereocenters. The second kappa shape index (κ2) is 6.34. The van der Waals surface area contributed by atoms with E-state index in [1.54, 1.807) is 0 Å². The van der Waals surface area contributed by atoms with Crippen LogP contribution in [0.1, 0.15) is 12.1 Å². The molecular formula is C13H17ClN2S. The molecule has 0 aliphatic carbocycles. The van der Waals surface area contributed by atoms with Crippen molar-refractivity contribution in [3.05, 3.63) is 35.0 Å². The van der Waals surface area contributed by atoms with Gasteiger partial charge in [0.2, 0.25) is 0 Å². The molecule has 92 valence electrons. The highest BCUT2D eigenvalue weighted by Gasteiger charge is 2.07. The van der Waals surface area contributed by atoms with Crippen molar-refractivity contribution < 1.29 is 0 Å². The fourth-order valence-corrected chi connectivity index (χ4v) is 2.55. The number of rotatable bonds is 6. The molecule has 1 heterocycles. The zero-order valence-electron chi connectivity index (χ0n) is 9.92. The van der Waals surface area contributed by atoms with Crippen molar-refractivity contribution in [3.63, 3.8) is 0 Å². The van der Waals surface area contributed by atoms with E-state index >= 15 is 0 Å². The van der Waals surface area contributed by atoms with Crippen LogP contribution in [0.15, 0.2) is 24.3 Å². The number of nitrogens with one attached hydrogen (secondary N) is 2. The molecule has 1 aromatic carbocycles. The van der Waals surface area contributed by atoms with E-state index in [0.29, 0.717) is 0 Å². The minimum atomic E-state index is 0.807. The number of benzene rings is 1. The third kappa shape index (κ3) is 3.18. The zero-order valence-corrected chi connectivity index (χ0v) is 11.5. The quantitative estimate of drug-likeness (QED) is 0.783. The van der Waals surface area contributed by atoms with Crippen molar-refractivity contribution in [1.82, 2.24) is 10.3 Å². The number of hydrogen-bond acceptors (Lipinski definition) is 2. The predicted molar refractivity (Wildman–Crippen MR) is 78.0 cm³/mol. The van der Waals surface area contributed by atoms with Gasteiger partial charge < -0.3 is 10.3 Å². The molecule has 2 rings (SSSR count). The topological polar surface area (TPSA) is 27.8 Å². The second-order valence-electron chi connectivity index (χ2n) is 3.99. The van der Waals surface area contributed by atoms with Gasteiger partial charge in [-0.25, -0.2) is 0 Å². The normalized spacial score (nSPS) is 11.2. The molecule has 0 bridgehead atoms. The van der Waals surface area contributed by atoms with Crippen molar-refractivity contribution in [2.24, 2.45) is 0 Å². The largest absolute Gasteiger partial charge is 0.356 e. The van der Waals surface area contributed by atoms with Crippen molar-refractivity contribution in [1.29, 1.82) is 0 Å². The Hall–Kier alpha value is -0.640. The van der Waals surface area contributed by atoms with Gasteiger partial charge in [-0.1, -0.05) is 29.8 Å². The van der Waals surface area contributed by atoms with Gasteiger partial charge in [-0.15, -0.1) is 0 Å². The van der Waals surface area contributed by atoms with E-state index in [1.807, 2.05) is 30.0 Å². The Morgan fingerprint density at radius 1 is 1.35 bits per heavy atom. The summed E-state index contributed by atoms with van der Waals surface area (Å²) in [6.45, 7) is 1.84. The monoisotopic (exact) mass is 268 g/mol. The lowest BCUT2D eigenvalue weighted by molar-refractivity contribution is 0.671. The van der Waals surface area contributed by atoms with Gasteiger partial charge in [-0.3, -0.25) is 0 Å². The number of thioether (sulfide) groups is 1. The Morgan fingerprint density at radius 2 is 2.18 bits per heavy atom. The molecule has 0 aliphatic heterocycles. The molecule has 1 aromatic heterocycles. The number of aromatic nitrogens is 1. The van der Waals surface area contributed by atoms with Gasteiger partial charge >= 0.3 is 0 Å². The van der Waals surface area contributed by atoms with Crippen LogP contribution in [0.25, 0.3) is 10.9 Å². The molecule has 2 aromatic rings. The van der Waals surface area contributed by atoms with Gasteiger partial charge in [0.15, 0.2) is 0 Å². The summed E-state index contributed by atoms with van der Waals surface area (Å²) in [5.41, 5.74) is 2.19. The van der Waals surface area contributed by atoms with Gasteiger partial charge in [0.25, 0.3) is 0 Å². The summed E-state index contributed by atoms with van der Waals surface area (Å²) >= 11 is 8.20. The van der Waals surface area contributed by atoms with Gasteiger partial charge in [-0.05, 0) is 31.0 Å². The summed E-state index contributed by atoms with van der Waals surface area (Å²) in [5, 5.41) is 5.36. The van der Waals surface area contributed by atoms with Crippen molar-refractivity contribution in [2.75, 3.05) is 18.6 Å². The highest BCUT2D eigenvalue weighted by Crippen LogP contribution is 2.26. The first-order chi connectivity index (χ1) is 8.33. The standard InChI is InChI=1S/C13H17ClN2S/c1-17-8-4-7-15-9-12-13(14)10-5-2-3-6-11(10)16-12/h2-3,5-6,15-16H,4,7-9H2,1H3. The first-order valence-corrected chi connectivity index (χ1v) is 7.55. The molecule has 0 radical (unpaired) electrons. The predicted octanol–water partition coefficient (Wildman–Crippen LogP) is 3.66. The molecule has 0 aliphatic rings. The summed E-state index contributed by atoms with van der Waals surface area (Å²) in [7, 11) is 0. The maximum absolute atomic E-state index is 6.32. The van der Waals surface area contributed by atoms with E-state index in [4.69, 9.17) is 11.6 Å². The maximum atomic E-state index is 6.32. The third-order valence-corrected chi connectivity index (χ3v) is 3.85. The van der Waals surface area contributed by atoms with Crippen LogP contribution < -0.4 is 5.32 Å². The summed E-state index contributed by atoms with van der Waals surface area (Å²) in [4.78, 5) is 3.36.